The number of carbonyl (C=O) groups is 1. The first-order valence-electron chi connectivity index (χ1n) is 7.03. The Morgan fingerprint density at radius 3 is 2.86 bits per heavy atom. The van der Waals surface area contributed by atoms with Gasteiger partial charge < -0.3 is 15.5 Å². The maximum Gasteiger partial charge on any atom is 0.293 e. The summed E-state index contributed by atoms with van der Waals surface area (Å²) in [5.41, 5.74) is 0.708. The zero-order valence-electron chi connectivity index (χ0n) is 12.3. The molecule has 21 heavy (non-hydrogen) atoms. The second-order valence-corrected chi connectivity index (χ2v) is 5.24. The van der Waals surface area contributed by atoms with Crippen LogP contribution in [0.2, 0.25) is 0 Å². The average molecular weight is 292 g/mol. The van der Waals surface area contributed by atoms with Gasteiger partial charge in [0.05, 0.1) is 4.92 Å². The number of amides is 1. The van der Waals surface area contributed by atoms with Gasteiger partial charge in [-0.25, -0.2) is 0 Å². The molecule has 0 saturated carbocycles. The number of nitrogens with one attached hydrogen (secondary N) is 2. The van der Waals surface area contributed by atoms with Gasteiger partial charge in [0.25, 0.3) is 11.6 Å². The molecule has 1 atom stereocenters. The monoisotopic (exact) mass is 292 g/mol. The summed E-state index contributed by atoms with van der Waals surface area (Å²) >= 11 is 0. The van der Waals surface area contributed by atoms with Gasteiger partial charge in [0.1, 0.15) is 5.69 Å². The Hall–Kier alpha value is -2.15. The zero-order chi connectivity index (χ0) is 15.4. The Morgan fingerprint density at radius 1 is 1.52 bits per heavy atom. The van der Waals surface area contributed by atoms with Crippen molar-refractivity contribution in [1.82, 2.24) is 10.2 Å². The van der Waals surface area contributed by atoms with Gasteiger partial charge in [-0.2, -0.15) is 0 Å². The third-order valence-electron chi connectivity index (χ3n) is 3.54. The fourth-order valence-electron chi connectivity index (χ4n) is 2.48. The standard InChI is InChI=1S/C14H20N4O3/c1-3-15-14(19)10-4-5-12(13(8-10)18(20)21)16-11-6-7-17(2)9-11/h4-5,8,11,16H,3,6-7,9H2,1-2H3,(H,15,19). The molecule has 1 heterocycles. The highest BCUT2D eigenvalue weighted by Crippen LogP contribution is 2.27. The molecule has 0 aromatic heterocycles. The third-order valence-corrected chi connectivity index (χ3v) is 3.54. The van der Waals surface area contributed by atoms with E-state index in [4.69, 9.17) is 0 Å². The topological polar surface area (TPSA) is 87.5 Å². The van der Waals surface area contributed by atoms with Gasteiger partial charge in [0.2, 0.25) is 0 Å². The number of nitro benzene ring substituents is 1. The number of nitrogens with zero attached hydrogens (tertiary/aromatic N) is 2. The fraction of sp³-hybridized carbons (Fsp3) is 0.500. The maximum absolute atomic E-state index is 11.8. The molecule has 7 heteroatoms. The Morgan fingerprint density at radius 2 is 2.29 bits per heavy atom. The molecule has 7 nitrogen and oxygen atoms in total. The predicted molar refractivity (Wildman–Crippen MR) is 80.6 cm³/mol. The minimum Gasteiger partial charge on any atom is -0.375 e. The van der Waals surface area contributed by atoms with Gasteiger partial charge in [-0.3, -0.25) is 14.9 Å². The van der Waals surface area contributed by atoms with Crippen molar-refractivity contribution in [3.63, 3.8) is 0 Å². The van der Waals surface area contributed by atoms with Crippen molar-refractivity contribution in [1.29, 1.82) is 0 Å². The van der Waals surface area contributed by atoms with Gasteiger partial charge in [-0.15, -0.1) is 0 Å². The summed E-state index contributed by atoms with van der Waals surface area (Å²) in [6, 6.07) is 4.75. The summed E-state index contributed by atoms with van der Waals surface area (Å²) in [6.07, 6.45) is 0.950. The minimum atomic E-state index is -0.455. The molecule has 1 aromatic carbocycles. The number of rotatable bonds is 5. The van der Waals surface area contributed by atoms with Crippen LogP contribution in [-0.4, -0.2) is 48.5 Å². The van der Waals surface area contributed by atoms with Crippen molar-refractivity contribution >= 4 is 17.3 Å². The molecule has 1 aliphatic heterocycles. The lowest BCUT2D eigenvalue weighted by Gasteiger charge is -2.14. The first-order chi connectivity index (χ1) is 10.0. The molecule has 0 spiro atoms. The molecule has 0 aliphatic carbocycles. The van der Waals surface area contributed by atoms with Crippen LogP contribution in [0.1, 0.15) is 23.7 Å². The summed E-state index contributed by atoms with van der Waals surface area (Å²) < 4.78 is 0. The number of benzene rings is 1. The van der Waals surface area contributed by atoms with Gasteiger partial charge in [-0.05, 0) is 39.1 Å². The second-order valence-electron chi connectivity index (χ2n) is 5.24. The minimum absolute atomic E-state index is 0.0618. The fourth-order valence-corrected chi connectivity index (χ4v) is 2.48. The third kappa shape index (κ3) is 3.69. The molecule has 0 bridgehead atoms. The number of anilines is 1. The summed E-state index contributed by atoms with van der Waals surface area (Å²) in [6.45, 7) is 4.12. The molecule has 0 radical (unpaired) electrons. The summed E-state index contributed by atoms with van der Waals surface area (Å²) in [5, 5.41) is 17.1. The van der Waals surface area contributed by atoms with Gasteiger partial charge in [-0.1, -0.05) is 0 Å². The molecule has 1 fully saturated rings. The second kappa shape index (κ2) is 6.53. The highest BCUT2D eigenvalue weighted by Gasteiger charge is 2.23. The van der Waals surface area contributed by atoms with Crippen molar-refractivity contribution in [2.45, 2.75) is 19.4 Å². The van der Waals surface area contributed by atoms with Crippen LogP contribution in [0.15, 0.2) is 18.2 Å². The number of likely N-dealkylation sites (N-methyl/N-ethyl adjacent to an activating group) is 1. The first-order valence-corrected chi connectivity index (χ1v) is 7.03. The van der Waals surface area contributed by atoms with Crippen LogP contribution in [0.3, 0.4) is 0 Å². The van der Waals surface area contributed by atoms with E-state index in [-0.39, 0.29) is 17.6 Å². The van der Waals surface area contributed by atoms with E-state index >= 15 is 0 Å². The SMILES string of the molecule is CCNC(=O)c1ccc(NC2CCN(C)C2)c([N+](=O)[O-])c1. The molecule has 1 aromatic rings. The summed E-state index contributed by atoms with van der Waals surface area (Å²) in [4.78, 5) is 24.7. The number of nitro groups is 1. The smallest absolute Gasteiger partial charge is 0.293 e. The van der Waals surface area contributed by atoms with Crippen LogP contribution in [0, 0.1) is 10.1 Å². The molecule has 1 saturated heterocycles. The lowest BCUT2D eigenvalue weighted by atomic mass is 10.1. The number of hydrogen-bond donors (Lipinski definition) is 2. The van der Waals surface area contributed by atoms with E-state index < -0.39 is 4.92 Å². The molecular formula is C14H20N4O3. The predicted octanol–water partition coefficient (Wildman–Crippen LogP) is 1.46. The van der Waals surface area contributed by atoms with Crippen LogP contribution in [0.4, 0.5) is 11.4 Å². The number of likely N-dealkylation sites (tertiary alicyclic amines) is 1. The quantitative estimate of drug-likeness (QED) is 0.633. The molecule has 2 rings (SSSR count). The van der Waals surface area contributed by atoms with Crippen LogP contribution >= 0.6 is 0 Å². The van der Waals surface area contributed by atoms with E-state index in [2.05, 4.69) is 15.5 Å². The number of hydrogen-bond acceptors (Lipinski definition) is 5. The lowest BCUT2D eigenvalue weighted by molar-refractivity contribution is -0.384. The van der Waals surface area contributed by atoms with Crippen LogP contribution in [0.5, 0.6) is 0 Å². The number of carbonyl (C=O) groups excluding carboxylic acids is 1. The van der Waals surface area contributed by atoms with Crippen molar-refractivity contribution in [3.8, 4) is 0 Å². The molecule has 114 valence electrons. The van der Waals surface area contributed by atoms with Crippen LogP contribution in [-0.2, 0) is 0 Å². The Balaban J connectivity index is 2.21. The van der Waals surface area contributed by atoms with E-state index in [0.29, 0.717) is 17.8 Å². The molecular weight excluding hydrogens is 272 g/mol. The van der Waals surface area contributed by atoms with Crippen LogP contribution < -0.4 is 10.6 Å². The molecule has 2 N–H and O–H groups in total. The molecule has 1 amide bonds. The van der Waals surface area contributed by atoms with Crippen molar-refractivity contribution in [3.05, 3.63) is 33.9 Å². The Kier molecular flexibility index (Phi) is 4.74. The van der Waals surface area contributed by atoms with Gasteiger partial charge >= 0.3 is 0 Å². The lowest BCUT2D eigenvalue weighted by Crippen LogP contribution is -2.25. The van der Waals surface area contributed by atoms with Crippen molar-refractivity contribution in [2.24, 2.45) is 0 Å². The zero-order valence-corrected chi connectivity index (χ0v) is 12.3. The highest BCUT2D eigenvalue weighted by atomic mass is 16.6. The van der Waals surface area contributed by atoms with Crippen molar-refractivity contribution in [2.75, 3.05) is 32.0 Å². The van der Waals surface area contributed by atoms with Gasteiger partial charge in [0, 0.05) is 30.8 Å². The van der Waals surface area contributed by atoms with Crippen LogP contribution in [0.25, 0.3) is 0 Å². The van der Waals surface area contributed by atoms with E-state index in [0.717, 1.165) is 19.5 Å². The average Bonchev–Trinajstić information content (AvgIpc) is 2.84. The van der Waals surface area contributed by atoms with E-state index in [9.17, 15) is 14.9 Å². The van der Waals surface area contributed by atoms with Gasteiger partial charge in [0.15, 0.2) is 0 Å². The normalized spacial score (nSPS) is 18.5. The maximum atomic E-state index is 11.8. The van der Waals surface area contributed by atoms with E-state index in [1.807, 2.05) is 7.05 Å². The summed E-state index contributed by atoms with van der Waals surface area (Å²) in [7, 11) is 2.02. The van der Waals surface area contributed by atoms with E-state index in [1.165, 1.54) is 6.07 Å². The highest BCUT2D eigenvalue weighted by molar-refractivity contribution is 5.95. The Labute approximate surface area is 123 Å². The van der Waals surface area contributed by atoms with Crippen molar-refractivity contribution < 1.29 is 9.72 Å². The molecule has 1 aliphatic rings. The Bertz CT molecular complexity index is 547. The summed E-state index contributed by atoms with van der Waals surface area (Å²) in [5.74, 6) is -0.298. The van der Waals surface area contributed by atoms with E-state index in [1.54, 1.807) is 19.1 Å². The molecule has 1 unspecified atom stereocenters. The first kappa shape index (κ1) is 15.2. The largest absolute Gasteiger partial charge is 0.375 e.